The van der Waals surface area contributed by atoms with Gasteiger partial charge in [-0.3, -0.25) is 4.90 Å². The number of ether oxygens (including phenoxy) is 1. The zero-order valence-electron chi connectivity index (χ0n) is 12.1. The molecule has 1 atom stereocenters. The summed E-state index contributed by atoms with van der Waals surface area (Å²) in [4.78, 5) is 1.35. The van der Waals surface area contributed by atoms with Gasteiger partial charge in [0.25, 0.3) is 5.92 Å². The van der Waals surface area contributed by atoms with Crippen LogP contribution in [-0.4, -0.2) is 55.1 Å². The quantitative estimate of drug-likeness (QED) is 0.807. The van der Waals surface area contributed by atoms with Gasteiger partial charge in [0.2, 0.25) is 0 Å². The van der Waals surface area contributed by atoms with Crippen LogP contribution in [0.3, 0.4) is 0 Å². The molecule has 0 amide bonds. The molecule has 130 valence electrons. The molecule has 0 aromatic heterocycles. The molecule has 1 heterocycles. The van der Waals surface area contributed by atoms with Crippen molar-refractivity contribution in [1.29, 1.82) is 0 Å². The number of alkyl halides is 5. The number of nitrogens with one attached hydrogen (secondary N) is 1. The van der Waals surface area contributed by atoms with Crippen LogP contribution in [-0.2, 0) is 0 Å². The summed E-state index contributed by atoms with van der Waals surface area (Å²) in [5.74, 6) is -4.29. The van der Waals surface area contributed by atoms with E-state index < -0.39 is 30.7 Å². The smallest absolute Gasteiger partial charge is 0.405 e. The van der Waals surface area contributed by atoms with Crippen molar-refractivity contribution in [2.75, 3.05) is 32.8 Å². The number of benzene rings is 1. The van der Waals surface area contributed by atoms with E-state index in [1.807, 2.05) is 0 Å². The monoisotopic (exact) mass is 340 g/mol. The predicted octanol–water partition coefficient (Wildman–Crippen LogP) is 2.16. The highest BCUT2D eigenvalue weighted by Gasteiger charge is 2.46. The summed E-state index contributed by atoms with van der Waals surface area (Å²) in [5, 5.41) is 12.0. The lowest BCUT2D eigenvalue weighted by Crippen LogP contribution is -2.51. The van der Waals surface area contributed by atoms with E-state index in [4.69, 9.17) is 5.11 Å². The Morgan fingerprint density at radius 1 is 1.13 bits per heavy atom. The lowest BCUT2D eigenvalue weighted by Gasteiger charge is -2.39. The van der Waals surface area contributed by atoms with Gasteiger partial charge in [-0.2, -0.15) is 0 Å². The van der Waals surface area contributed by atoms with Gasteiger partial charge in [0, 0.05) is 31.7 Å². The Balaban J connectivity index is 2.43. The summed E-state index contributed by atoms with van der Waals surface area (Å²) < 4.78 is 70.0. The van der Waals surface area contributed by atoms with E-state index in [1.165, 1.54) is 17.0 Å². The van der Waals surface area contributed by atoms with Gasteiger partial charge in [0.05, 0.1) is 0 Å². The fourth-order valence-electron chi connectivity index (χ4n) is 2.64. The Labute approximate surface area is 129 Å². The molecule has 1 aromatic carbocycles. The summed E-state index contributed by atoms with van der Waals surface area (Å²) in [5.41, 5.74) is -0.300. The predicted molar refractivity (Wildman–Crippen MR) is 72.3 cm³/mol. The number of aliphatic hydroxyl groups excluding tert-OH is 1. The number of piperazine rings is 1. The molecule has 9 heteroatoms. The van der Waals surface area contributed by atoms with E-state index in [1.54, 1.807) is 0 Å². The van der Waals surface area contributed by atoms with Gasteiger partial charge < -0.3 is 15.2 Å². The molecule has 1 aliphatic rings. The van der Waals surface area contributed by atoms with Gasteiger partial charge in [-0.1, -0.05) is 18.2 Å². The average Bonchev–Trinajstić information content (AvgIpc) is 2.49. The minimum atomic E-state index is -4.99. The number of para-hydroxylation sites is 1. The second kappa shape index (κ2) is 6.98. The number of halogens is 5. The molecule has 0 spiro atoms. The minimum Gasteiger partial charge on any atom is -0.405 e. The van der Waals surface area contributed by atoms with Gasteiger partial charge in [0.1, 0.15) is 18.4 Å². The normalized spacial score (nSPS) is 18.7. The summed E-state index contributed by atoms with van der Waals surface area (Å²) >= 11 is 0. The fraction of sp³-hybridized carbons (Fsp3) is 0.571. The molecule has 1 fully saturated rings. The summed E-state index contributed by atoms with van der Waals surface area (Å²) in [6, 6.07) is 3.09. The first kappa shape index (κ1) is 17.9. The summed E-state index contributed by atoms with van der Waals surface area (Å²) in [6.07, 6.45) is -4.99. The number of rotatable bonds is 5. The first-order valence-electron chi connectivity index (χ1n) is 7.03. The molecule has 0 unspecified atom stereocenters. The zero-order valence-corrected chi connectivity index (χ0v) is 12.1. The van der Waals surface area contributed by atoms with Crippen molar-refractivity contribution < 1.29 is 31.8 Å². The second-order valence-electron chi connectivity index (χ2n) is 5.19. The number of aliphatic hydroxyl groups is 1. The van der Waals surface area contributed by atoms with Crippen molar-refractivity contribution in [2.24, 2.45) is 0 Å². The second-order valence-corrected chi connectivity index (χ2v) is 5.19. The maximum absolute atomic E-state index is 14.3. The third-order valence-electron chi connectivity index (χ3n) is 3.57. The summed E-state index contributed by atoms with van der Waals surface area (Å²) in [7, 11) is 0. The van der Waals surface area contributed by atoms with Crippen LogP contribution in [0.4, 0.5) is 22.0 Å². The lowest BCUT2D eigenvalue weighted by atomic mass is 9.97. The lowest BCUT2D eigenvalue weighted by molar-refractivity contribution is -0.275. The molecule has 0 saturated carbocycles. The van der Waals surface area contributed by atoms with Crippen LogP contribution in [0, 0.1) is 0 Å². The Bertz CT molecular complexity index is 518. The van der Waals surface area contributed by atoms with Crippen LogP contribution in [0.2, 0.25) is 0 Å². The zero-order chi connectivity index (χ0) is 17.1. The van der Waals surface area contributed by atoms with Crippen molar-refractivity contribution >= 4 is 0 Å². The van der Waals surface area contributed by atoms with Crippen LogP contribution < -0.4 is 10.1 Å². The third kappa shape index (κ3) is 4.52. The van der Waals surface area contributed by atoms with E-state index in [-0.39, 0.29) is 18.7 Å². The molecule has 2 rings (SSSR count). The molecule has 0 bridgehead atoms. The van der Waals surface area contributed by atoms with Crippen LogP contribution >= 0.6 is 0 Å². The van der Waals surface area contributed by atoms with E-state index in [0.29, 0.717) is 13.1 Å². The first-order chi connectivity index (χ1) is 10.7. The van der Waals surface area contributed by atoms with Gasteiger partial charge in [0.15, 0.2) is 0 Å². The van der Waals surface area contributed by atoms with E-state index >= 15 is 0 Å². The fourth-order valence-corrected chi connectivity index (χ4v) is 2.64. The van der Waals surface area contributed by atoms with Crippen LogP contribution in [0.5, 0.6) is 5.75 Å². The van der Waals surface area contributed by atoms with E-state index in [9.17, 15) is 22.0 Å². The Morgan fingerprint density at radius 3 is 2.30 bits per heavy atom. The maximum Gasteiger partial charge on any atom is 0.573 e. The van der Waals surface area contributed by atoms with Crippen LogP contribution in [0.25, 0.3) is 0 Å². The molecule has 23 heavy (non-hydrogen) atoms. The maximum atomic E-state index is 14.3. The van der Waals surface area contributed by atoms with Gasteiger partial charge in [-0.05, 0) is 6.07 Å². The molecule has 1 saturated heterocycles. The SMILES string of the molecule is OCC(F)(F)[C@H](c1ccccc1OC(F)(F)F)N1CCNCC1. The van der Waals surface area contributed by atoms with Gasteiger partial charge >= 0.3 is 6.36 Å². The average molecular weight is 340 g/mol. The highest BCUT2D eigenvalue weighted by molar-refractivity contribution is 5.37. The van der Waals surface area contributed by atoms with Crippen LogP contribution in [0.15, 0.2) is 24.3 Å². The molecule has 1 aliphatic heterocycles. The Hall–Kier alpha value is -1.45. The molecule has 0 radical (unpaired) electrons. The molecule has 0 aliphatic carbocycles. The van der Waals surface area contributed by atoms with Crippen molar-refractivity contribution in [3.8, 4) is 5.75 Å². The molecular weight excluding hydrogens is 323 g/mol. The van der Waals surface area contributed by atoms with Crippen LogP contribution in [0.1, 0.15) is 11.6 Å². The number of nitrogens with zero attached hydrogens (tertiary/aromatic N) is 1. The highest BCUT2D eigenvalue weighted by Crippen LogP contribution is 2.41. The molecule has 1 aromatic rings. The van der Waals surface area contributed by atoms with Crippen molar-refractivity contribution in [2.45, 2.75) is 18.3 Å². The number of hydrogen-bond acceptors (Lipinski definition) is 4. The van der Waals surface area contributed by atoms with E-state index in [2.05, 4.69) is 10.1 Å². The molecular formula is C14H17F5N2O2. The Morgan fingerprint density at radius 2 is 1.74 bits per heavy atom. The Kier molecular flexibility index (Phi) is 5.43. The van der Waals surface area contributed by atoms with E-state index in [0.717, 1.165) is 12.1 Å². The highest BCUT2D eigenvalue weighted by atomic mass is 19.4. The minimum absolute atomic E-state index is 0.223. The van der Waals surface area contributed by atoms with Gasteiger partial charge in [-0.15, -0.1) is 13.2 Å². The largest absolute Gasteiger partial charge is 0.573 e. The molecule has 4 nitrogen and oxygen atoms in total. The summed E-state index contributed by atoms with van der Waals surface area (Å²) in [6.45, 7) is -0.163. The van der Waals surface area contributed by atoms with Gasteiger partial charge in [-0.25, -0.2) is 8.78 Å². The third-order valence-corrected chi connectivity index (χ3v) is 3.57. The first-order valence-corrected chi connectivity index (χ1v) is 7.03. The van der Waals surface area contributed by atoms with Crippen molar-refractivity contribution in [3.05, 3.63) is 29.8 Å². The molecule has 2 N–H and O–H groups in total. The standard InChI is InChI=1S/C14H17F5N2O2/c15-13(16,9-22)12(21-7-5-20-6-8-21)10-3-1-2-4-11(10)23-14(17,18)19/h1-4,12,20,22H,5-9H2/t12-/m0/s1. The van der Waals surface area contributed by atoms with Crippen molar-refractivity contribution in [1.82, 2.24) is 10.2 Å². The van der Waals surface area contributed by atoms with Crippen molar-refractivity contribution in [3.63, 3.8) is 0 Å². The number of hydrogen-bond donors (Lipinski definition) is 2. The topological polar surface area (TPSA) is 44.7 Å².